The number of aliphatic carboxylic acids is 1. The highest BCUT2D eigenvalue weighted by Gasteiger charge is 2.22. The zero-order chi connectivity index (χ0) is 12.7. The molecule has 0 spiro atoms. The van der Waals surface area contributed by atoms with E-state index in [-0.39, 0.29) is 18.5 Å². The van der Waals surface area contributed by atoms with Gasteiger partial charge in [-0.2, -0.15) is 11.8 Å². The van der Waals surface area contributed by atoms with E-state index in [0.29, 0.717) is 13.0 Å². The van der Waals surface area contributed by atoms with Gasteiger partial charge in [0, 0.05) is 37.1 Å². The molecule has 1 unspecified atom stereocenters. The summed E-state index contributed by atoms with van der Waals surface area (Å²) in [5.74, 6) is 1.21. The van der Waals surface area contributed by atoms with Crippen LogP contribution in [0.15, 0.2) is 0 Å². The van der Waals surface area contributed by atoms with Crippen molar-refractivity contribution in [3.05, 3.63) is 0 Å². The van der Waals surface area contributed by atoms with Crippen molar-refractivity contribution in [2.75, 3.05) is 24.6 Å². The van der Waals surface area contributed by atoms with Crippen LogP contribution in [0.5, 0.6) is 0 Å². The summed E-state index contributed by atoms with van der Waals surface area (Å²) in [7, 11) is 0. The number of carboxylic acid groups (broad SMARTS) is 1. The van der Waals surface area contributed by atoms with Gasteiger partial charge in [0.25, 0.3) is 0 Å². The third kappa shape index (κ3) is 5.30. The summed E-state index contributed by atoms with van der Waals surface area (Å²) in [6.07, 6.45) is 1.50. The maximum atomic E-state index is 11.8. The molecule has 1 saturated heterocycles. The van der Waals surface area contributed by atoms with E-state index in [0.717, 1.165) is 24.5 Å². The summed E-state index contributed by atoms with van der Waals surface area (Å²) in [5.41, 5.74) is 0. The molecule has 1 aliphatic rings. The van der Waals surface area contributed by atoms with Crippen LogP contribution >= 0.6 is 11.8 Å². The van der Waals surface area contributed by atoms with Gasteiger partial charge in [0.2, 0.25) is 0 Å². The number of amides is 2. The number of unbranched alkanes of at least 4 members (excludes halogenated alkanes) is 1. The average molecular weight is 260 g/mol. The first kappa shape index (κ1) is 14.2. The average Bonchev–Trinajstić information content (AvgIpc) is 2.28. The van der Waals surface area contributed by atoms with Crippen LogP contribution in [-0.4, -0.2) is 52.6 Å². The largest absolute Gasteiger partial charge is 0.481 e. The zero-order valence-corrected chi connectivity index (χ0v) is 11.0. The number of hydrogen-bond acceptors (Lipinski definition) is 3. The third-order valence-electron chi connectivity index (χ3n) is 2.72. The molecule has 0 aromatic carbocycles. The van der Waals surface area contributed by atoms with E-state index >= 15 is 0 Å². The Hall–Kier alpha value is -0.910. The minimum absolute atomic E-state index is 0.0203. The lowest BCUT2D eigenvalue weighted by Gasteiger charge is -2.33. The first-order chi connectivity index (χ1) is 8.11. The number of carbonyl (C=O) groups excluding carboxylic acids is 1. The lowest BCUT2D eigenvalue weighted by atomic mass is 10.2. The summed E-state index contributed by atoms with van der Waals surface area (Å²) in [6.45, 7) is 3.41. The molecule has 1 aliphatic heterocycles. The van der Waals surface area contributed by atoms with Crippen LogP contribution in [-0.2, 0) is 4.79 Å². The Labute approximate surface area is 106 Å². The minimum Gasteiger partial charge on any atom is -0.481 e. The highest BCUT2D eigenvalue weighted by Crippen LogP contribution is 2.15. The first-order valence-electron chi connectivity index (χ1n) is 5.95. The van der Waals surface area contributed by atoms with Gasteiger partial charge in [-0.25, -0.2) is 4.79 Å². The molecule has 2 N–H and O–H groups in total. The molecular formula is C11H20N2O3S. The second kappa shape index (κ2) is 7.42. The monoisotopic (exact) mass is 260 g/mol. The van der Waals surface area contributed by atoms with Gasteiger partial charge in [0.05, 0.1) is 0 Å². The molecule has 1 heterocycles. The van der Waals surface area contributed by atoms with Crippen LogP contribution in [0.2, 0.25) is 0 Å². The summed E-state index contributed by atoms with van der Waals surface area (Å²) >= 11 is 1.87. The molecule has 0 bridgehead atoms. The topological polar surface area (TPSA) is 69.6 Å². The molecule has 2 amide bonds. The van der Waals surface area contributed by atoms with Crippen molar-refractivity contribution in [3.63, 3.8) is 0 Å². The SMILES string of the molecule is CC1CSCCN1C(=O)NCCCCC(=O)O. The molecule has 0 saturated carbocycles. The Morgan fingerprint density at radius 3 is 2.88 bits per heavy atom. The van der Waals surface area contributed by atoms with E-state index in [2.05, 4.69) is 12.2 Å². The summed E-state index contributed by atoms with van der Waals surface area (Å²) in [4.78, 5) is 23.9. The number of nitrogens with zero attached hydrogens (tertiary/aromatic N) is 1. The summed E-state index contributed by atoms with van der Waals surface area (Å²) in [6, 6.07) is 0.265. The van der Waals surface area contributed by atoms with Crippen LogP contribution < -0.4 is 5.32 Å². The van der Waals surface area contributed by atoms with Crippen LogP contribution in [0.4, 0.5) is 4.79 Å². The second-order valence-electron chi connectivity index (χ2n) is 4.20. The van der Waals surface area contributed by atoms with Crippen molar-refractivity contribution in [3.8, 4) is 0 Å². The number of thioether (sulfide) groups is 1. The number of urea groups is 1. The summed E-state index contributed by atoms with van der Waals surface area (Å²) < 4.78 is 0. The van der Waals surface area contributed by atoms with E-state index in [1.165, 1.54) is 0 Å². The lowest BCUT2D eigenvalue weighted by Crippen LogP contribution is -2.49. The van der Waals surface area contributed by atoms with E-state index in [9.17, 15) is 9.59 Å². The molecule has 98 valence electrons. The molecule has 1 atom stereocenters. The van der Waals surface area contributed by atoms with E-state index in [4.69, 9.17) is 5.11 Å². The van der Waals surface area contributed by atoms with Crippen molar-refractivity contribution in [2.45, 2.75) is 32.2 Å². The number of rotatable bonds is 5. The normalized spacial score (nSPS) is 20.1. The van der Waals surface area contributed by atoms with Crippen molar-refractivity contribution in [2.24, 2.45) is 0 Å². The Morgan fingerprint density at radius 2 is 2.24 bits per heavy atom. The van der Waals surface area contributed by atoms with Gasteiger partial charge in [-0.3, -0.25) is 4.79 Å². The standard InChI is InChI=1S/C11H20N2O3S/c1-9-8-17-7-6-13(9)11(16)12-5-3-2-4-10(14)15/h9H,2-8H2,1H3,(H,12,16)(H,14,15). The fourth-order valence-corrected chi connectivity index (χ4v) is 2.74. The maximum absolute atomic E-state index is 11.8. The van der Waals surface area contributed by atoms with Gasteiger partial charge in [-0.15, -0.1) is 0 Å². The third-order valence-corrected chi connectivity index (χ3v) is 3.91. The van der Waals surface area contributed by atoms with Crippen LogP contribution in [0.1, 0.15) is 26.2 Å². The quantitative estimate of drug-likeness (QED) is 0.733. The smallest absolute Gasteiger partial charge is 0.317 e. The Kier molecular flexibility index (Phi) is 6.18. The zero-order valence-electron chi connectivity index (χ0n) is 10.1. The van der Waals surface area contributed by atoms with Gasteiger partial charge >= 0.3 is 12.0 Å². The Bertz CT molecular complexity index is 273. The predicted octanol–water partition coefficient (Wildman–Crippen LogP) is 1.39. The highest BCUT2D eigenvalue weighted by atomic mass is 32.2. The molecule has 0 aromatic rings. The molecular weight excluding hydrogens is 240 g/mol. The fourth-order valence-electron chi connectivity index (χ4n) is 1.73. The maximum Gasteiger partial charge on any atom is 0.317 e. The van der Waals surface area contributed by atoms with Gasteiger partial charge in [-0.1, -0.05) is 0 Å². The van der Waals surface area contributed by atoms with Crippen LogP contribution in [0.3, 0.4) is 0 Å². The van der Waals surface area contributed by atoms with Crippen molar-refractivity contribution < 1.29 is 14.7 Å². The highest BCUT2D eigenvalue weighted by molar-refractivity contribution is 7.99. The molecule has 5 nitrogen and oxygen atoms in total. The number of hydrogen-bond donors (Lipinski definition) is 2. The van der Waals surface area contributed by atoms with E-state index < -0.39 is 5.97 Å². The Balaban J connectivity index is 2.13. The van der Waals surface area contributed by atoms with Gasteiger partial charge in [-0.05, 0) is 19.8 Å². The van der Waals surface area contributed by atoms with Crippen molar-refractivity contribution in [1.29, 1.82) is 0 Å². The van der Waals surface area contributed by atoms with Crippen molar-refractivity contribution in [1.82, 2.24) is 10.2 Å². The Morgan fingerprint density at radius 1 is 1.47 bits per heavy atom. The van der Waals surface area contributed by atoms with Gasteiger partial charge in [0.15, 0.2) is 0 Å². The van der Waals surface area contributed by atoms with Gasteiger partial charge < -0.3 is 15.3 Å². The van der Waals surface area contributed by atoms with Crippen molar-refractivity contribution >= 4 is 23.8 Å². The predicted molar refractivity (Wildman–Crippen MR) is 68.4 cm³/mol. The van der Waals surface area contributed by atoms with Gasteiger partial charge in [0.1, 0.15) is 0 Å². The molecule has 0 aliphatic carbocycles. The molecule has 17 heavy (non-hydrogen) atoms. The lowest BCUT2D eigenvalue weighted by molar-refractivity contribution is -0.137. The van der Waals surface area contributed by atoms with Crippen LogP contribution in [0, 0.1) is 0 Å². The minimum atomic E-state index is -0.780. The molecule has 0 radical (unpaired) electrons. The molecule has 1 fully saturated rings. The molecule has 0 aromatic heterocycles. The summed E-state index contributed by atoms with van der Waals surface area (Å²) in [5, 5.41) is 11.3. The molecule has 1 rings (SSSR count). The fraction of sp³-hybridized carbons (Fsp3) is 0.818. The molecule has 6 heteroatoms. The van der Waals surface area contributed by atoms with Crippen LogP contribution in [0.25, 0.3) is 0 Å². The second-order valence-corrected chi connectivity index (χ2v) is 5.35. The number of carboxylic acids is 1. The number of nitrogens with one attached hydrogen (secondary N) is 1. The van der Waals surface area contributed by atoms with E-state index in [1.807, 2.05) is 16.7 Å². The first-order valence-corrected chi connectivity index (χ1v) is 7.10. The number of carbonyl (C=O) groups is 2. The van der Waals surface area contributed by atoms with E-state index in [1.54, 1.807) is 0 Å².